The zero-order chi connectivity index (χ0) is 22.7. The van der Waals surface area contributed by atoms with Crippen molar-refractivity contribution in [1.82, 2.24) is 9.55 Å². The maximum atomic E-state index is 13.4. The number of nitrogens with zero attached hydrogens (tertiary/aromatic N) is 3. The van der Waals surface area contributed by atoms with Crippen LogP contribution < -0.4 is 10.9 Å². The summed E-state index contributed by atoms with van der Waals surface area (Å²) in [4.78, 5) is 30.6. The third kappa shape index (κ3) is 4.56. The minimum atomic E-state index is -0.250. The fourth-order valence-corrected chi connectivity index (χ4v) is 4.32. The number of fused-ring (bicyclic) bond motifs is 1. The van der Waals surface area contributed by atoms with Crippen LogP contribution in [0.15, 0.2) is 76.7 Å². The minimum Gasteiger partial charge on any atom is -0.325 e. The second-order valence-electron chi connectivity index (χ2n) is 7.43. The number of aryl methyl sites for hydroxylation is 2. The number of carbonyl (C=O) groups excluding carboxylic acids is 1. The van der Waals surface area contributed by atoms with Crippen molar-refractivity contribution in [3.63, 3.8) is 0 Å². The molecular weight excluding hydrogens is 420 g/mol. The van der Waals surface area contributed by atoms with E-state index in [1.807, 2.05) is 44.2 Å². The summed E-state index contributed by atoms with van der Waals surface area (Å²) in [5.41, 5.74) is 4.21. The Balaban J connectivity index is 1.69. The number of hydrogen-bond donors (Lipinski definition) is 1. The first-order valence-electron chi connectivity index (χ1n) is 9.98. The minimum absolute atomic E-state index is 0.0619. The number of aromatic nitrogens is 2. The van der Waals surface area contributed by atoms with E-state index in [9.17, 15) is 9.59 Å². The summed E-state index contributed by atoms with van der Waals surface area (Å²) in [7, 11) is 0. The predicted octanol–water partition coefficient (Wildman–Crippen LogP) is 4.61. The lowest BCUT2D eigenvalue weighted by molar-refractivity contribution is -0.113. The summed E-state index contributed by atoms with van der Waals surface area (Å²) in [6.07, 6.45) is 0. The highest BCUT2D eigenvalue weighted by Crippen LogP contribution is 2.23. The Morgan fingerprint density at radius 3 is 2.56 bits per heavy atom. The van der Waals surface area contributed by atoms with Gasteiger partial charge in [-0.25, -0.2) is 4.98 Å². The van der Waals surface area contributed by atoms with E-state index in [-0.39, 0.29) is 17.2 Å². The molecule has 32 heavy (non-hydrogen) atoms. The summed E-state index contributed by atoms with van der Waals surface area (Å²) >= 11 is 1.19. The number of para-hydroxylation sites is 1. The second kappa shape index (κ2) is 9.08. The first-order valence-corrected chi connectivity index (χ1v) is 11.0. The maximum absolute atomic E-state index is 13.4. The lowest BCUT2D eigenvalue weighted by atomic mass is 10.1. The smallest absolute Gasteiger partial charge is 0.266 e. The van der Waals surface area contributed by atoms with Gasteiger partial charge in [-0.15, -0.1) is 0 Å². The number of rotatable bonds is 5. The average molecular weight is 441 g/mol. The van der Waals surface area contributed by atoms with Crippen LogP contribution in [0, 0.1) is 25.2 Å². The molecule has 7 heteroatoms. The molecule has 3 aromatic carbocycles. The first kappa shape index (κ1) is 21.3. The SMILES string of the molecule is Cc1cc(C)cc(-n2c(SCC(=O)Nc3cccc(C#N)c3)nc3ccccc3c2=O)c1. The normalized spacial score (nSPS) is 10.7. The lowest BCUT2D eigenvalue weighted by Crippen LogP contribution is -2.23. The molecule has 4 rings (SSSR count). The zero-order valence-corrected chi connectivity index (χ0v) is 18.4. The molecule has 0 fully saturated rings. The highest BCUT2D eigenvalue weighted by atomic mass is 32.2. The number of benzene rings is 3. The van der Waals surface area contributed by atoms with E-state index >= 15 is 0 Å². The summed E-state index contributed by atoms with van der Waals surface area (Å²) in [6.45, 7) is 3.96. The standard InChI is InChI=1S/C25H20N4O2S/c1-16-10-17(2)12-20(11-16)29-24(31)21-8-3-4-9-22(21)28-25(29)32-15-23(30)27-19-7-5-6-18(13-19)14-26/h3-13H,15H2,1-2H3,(H,27,30). The van der Waals surface area contributed by atoms with Gasteiger partial charge in [0.2, 0.25) is 5.91 Å². The molecule has 0 atom stereocenters. The number of hydrogen-bond acceptors (Lipinski definition) is 5. The molecule has 6 nitrogen and oxygen atoms in total. The van der Waals surface area contributed by atoms with E-state index in [0.717, 1.165) is 16.8 Å². The van der Waals surface area contributed by atoms with Crippen molar-refractivity contribution in [2.45, 2.75) is 19.0 Å². The number of carbonyl (C=O) groups is 1. The predicted molar refractivity (Wildman–Crippen MR) is 127 cm³/mol. The molecule has 1 amide bonds. The van der Waals surface area contributed by atoms with Gasteiger partial charge >= 0.3 is 0 Å². The van der Waals surface area contributed by atoms with Crippen molar-refractivity contribution < 1.29 is 4.79 Å². The molecule has 0 aliphatic heterocycles. The molecule has 0 saturated carbocycles. The molecule has 0 spiro atoms. The van der Waals surface area contributed by atoms with Gasteiger partial charge in [0, 0.05) is 5.69 Å². The number of anilines is 1. The average Bonchev–Trinajstić information content (AvgIpc) is 2.77. The fourth-order valence-electron chi connectivity index (χ4n) is 3.51. The zero-order valence-electron chi connectivity index (χ0n) is 17.6. The first-order chi connectivity index (χ1) is 15.4. The van der Waals surface area contributed by atoms with E-state index in [2.05, 4.69) is 16.4 Å². The van der Waals surface area contributed by atoms with Gasteiger partial charge in [-0.2, -0.15) is 5.26 Å². The van der Waals surface area contributed by atoms with Crippen molar-refractivity contribution in [2.24, 2.45) is 0 Å². The van der Waals surface area contributed by atoms with Gasteiger partial charge < -0.3 is 5.32 Å². The van der Waals surface area contributed by atoms with E-state index in [1.54, 1.807) is 41.0 Å². The largest absolute Gasteiger partial charge is 0.325 e. The van der Waals surface area contributed by atoms with Gasteiger partial charge in [0.05, 0.1) is 34.0 Å². The number of amides is 1. The van der Waals surface area contributed by atoms with Crippen LogP contribution in [0.3, 0.4) is 0 Å². The Labute approximate surface area is 189 Å². The Bertz CT molecular complexity index is 1420. The van der Waals surface area contributed by atoms with Crippen LogP contribution in [0.2, 0.25) is 0 Å². The number of nitrogens with one attached hydrogen (secondary N) is 1. The van der Waals surface area contributed by atoms with Crippen molar-refractivity contribution in [3.8, 4) is 11.8 Å². The molecule has 1 heterocycles. The van der Waals surface area contributed by atoms with Crippen LogP contribution in [-0.4, -0.2) is 21.2 Å². The van der Waals surface area contributed by atoms with E-state index in [4.69, 9.17) is 5.26 Å². The quantitative estimate of drug-likeness (QED) is 0.362. The molecule has 0 bridgehead atoms. The Morgan fingerprint density at radius 1 is 1.06 bits per heavy atom. The van der Waals surface area contributed by atoms with Crippen LogP contribution in [0.25, 0.3) is 16.6 Å². The molecule has 4 aromatic rings. The summed E-state index contributed by atoms with van der Waals surface area (Å²) in [5.74, 6) is -0.189. The van der Waals surface area contributed by atoms with Crippen LogP contribution in [0.5, 0.6) is 0 Å². The Morgan fingerprint density at radius 2 is 1.81 bits per heavy atom. The Hall–Kier alpha value is -3.89. The summed E-state index contributed by atoms with van der Waals surface area (Å²) < 4.78 is 1.57. The third-order valence-corrected chi connectivity index (χ3v) is 5.76. The molecule has 0 aliphatic rings. The lowest BCUT2D eigenvalue weighted by Gasteiger charge is -2.14. The van der Waals surface area contributed by atoms with Gasteiger partial charge in [0.25, 0.3) is 5.56 Å². The molecule has 1 N–H and O–H groups in total. The van der Waals surface area contributed by atoms with E-state index in [0.29, 0.717) is 27.3 Å². The van der Waals surface area contributed by atoms with Crippen LogP contribution in [-0.2, 0) is 4.79 Å². The van der Waals surface area contributed by atoms with Gasteiger partial charge in [0.1, 0.15) is 0 Å². The molecule has 1 aromatic heterocycles. The number of thioether (sulfide) groups is 1. The Kier molecular flexibility index (Phi) is 6.06. The van der Waals surface area contributed by atoms with Crippen LogP contribution in [0.4, 0.5) is 5.69 Å². The molecule has 0 saturated heterocycles. The van der Waals surface area contributed by atoms with E-state index < -0.39 is 0 Å². The maximum Gasteiger partial charge on any atom is 0.266 e. The summed E-state index contributed by atoms with van der Waals surface area (Å²) in [6, 6.07) is 21.9. The van der Waals surface area contributed by atoms with Crippen molar-refractivity contribution in [3.05, 3.63) is 93.8 Å². The summed E-state index contributed by atoms with van der Waals surface area (Å²) in [5, 5.41) is 12.8. The third-order valence-electron chi connectivity index (χ3n) is 4.82. The molecule has 0 aliphatic carbocycles. The van der Waals surface area contributed by atoms with Crippen LogP contribution >= 0.6 is 11.8 Å². The van der Waals surface area contributed by atoms with Gasteiger partial charge in [-0.3, -0.25) is 14.2 Å². The van der Waals surface area contributed by atoms with E-state index in [1.165, 1.54) is 11.8 Å². The van der Waals surface area contributed by atoms with Gasteiger partial charge in [-0.05, 0) is 67.4 Å². The molecule has 0 radical (unpaired) electrons. The highest BCUT2D eigenvalue weighted by Gasteiger charge is 2.15. The van der Waals surface area contributed by atoms with Crippen molar-refractivity contribution in [2.75, 3.05) is 11.1 Å². The molecule has 158 valence electrons. The number of nitriles is 1. The van der Waals surface area contributed by atoms with Gasteiger partial charge in [-0.1, -0.05) is 36.0 Å². The van der Waals surface area contributed by atoms with Crippen molar-refractivity contribution in [1.29, 1.82) is 5.26 Å². The van der Waals surface area contributed by atoms with Crippen molar-refractivity contribution >= 4 is 34.3 Å². The topological polar surface area (TPSA) is 87.8 Å². The fraction of sp³-hybridized carbons (Fsp3) is 0.120. The monoisotopic (exact) mass is 440 g/mol. The molecule has 0 unspecified atom stereocenters. The van der Waals surface area contributed by atoms with Gasteiger partial charge in [0.15, 0.2) is 5.16 Å². The van der Waals surface area contributed by atoms with Crippen LogP contribution in [0.1, 0.15) is 16.7 Å². The molecular formula is C25H20N4O2S. The second-order valence-corrected chi connectivity index (χ2v) is 8.37. The highest BCUT2D eigenvalue weighted by molar-refractivity contribution is 7.99.